The highest BCUT2D eigenvalue weighted by Gasteiger charge is 2.42. The summed E-state index contributed by atoms with van der Waals surface area (Å²) in [5, 5.41) is 0. The highest BCUT2D eigenvalue weighted by molar-refractivity contribution is 6.96. The van der Waals surface area contributed by atoms with Crippen LogP contribution in [0.2, 0.25) is 0 Å². The third-order valence-corrected chi connectivity index (χ3v) is 5.05. The first kappa shape index (κ1) is 26.0. The van der Waals surface area contributed by atoms with Crippen LogP contribution in [0.1, 0.15) is 0 Å². The summed E-state index contributed by atoms with van der Waals surface area (Å²) in [6.45, 7) is -2.93. The van der Waals surface area contributed by atoms with Crippen molar-refractivity contribution in [3.8, 4) is 17.2 Å². The van der Waals surface area contributed by atoms with Crippen molar-refractivity contribution >= 4 is 23.1 Å². The second-order valence-corrected chi connectivity index (χ2v) is 6.85. The van der Waals surface area contributed by atoms with Crippen LogP contribution in [0.5, 0.6) is 17.2 Å². The van der Waals surface area contributed by atoms with Gasteiger partial charge in [0, 0.05) is 17.0 Å². The zero-order valence-electron chi connectivity index (χ0n) is 17.7. The van der Waals surface area contributed by atoms with Crippen molar-refractivity contribution in [2.75, 3.05) is 21.3 Å². The van der Waals surface area contributed by atoms with E-state index in [9.17, 15) is 26.3 Å². The van der Waals surface area contributed by atoms with Crippen LogP contribution < -0.4 is 30.6 Å². The molecule has 0 aliphatic heterocycles. The molecule has 3 nitrogen and oxygen atoms in total. The predicted molar refractivity (Wildman–Crippen MR) is 103 cm³/mol. The van der Waals surface area contributed by atoms with Crippen LogP contribution in [0.4, 0.5) is 43.9 Å². The molecule has 0 amide bonds. The molecule has 0 heterocycles. The molecule has 0 spiro atoms. The molecule has 14 heteroatoms. The highest BCUT2D eigenvalue weighted by atomic mass is 19.2. The van der Waals surface area contributed by atoms with E-state index in [2.05, 4.69) is 14.2 Å². The summed E-state index contributed by atoms with van der Waals surface area (Å²) in [7, 11) is 2.02. The first-order chi connectivity index (χ1) is 16.4. The first-order valence-corrected chi connectivity index (χ1v) is 9.25. The van der Waals surface area contributed by atoms with Gasteiger partial charge in [-0.3, -0.25) is 0 Å². The Kier molecular flexibility index (Phi) is 7.13. The Bertz CT molecular complexity index is 1200. The van der Waals surface area contributed by atoms with E-state index in [1.807, 2.05) is 0 Å². The molecule has 186 valence electrons. The molecular formula is C21H11BF10O3. The minimum absolute atomic E-state index is 0.198. The van der Waals surface area contributed by atoms with Crippen LogP contribution >= 0.6 is 0 Å². The van der Waals surface area contributed by atoms with Gasteiger partial charge in [0.1, 0.15) is 11.6 Å². The molecule has 3 aromatic carbocycles. The van der Waals surface area contributed by atoms with Crippen molar-refractivity contribution in [1.82, 2.24) is 0 Å². The van der Waals surface area contributed by atoms with Crippen LogP contribution in [-0.4, -0.2) is 28.0 Å². The largest absolute Gasteiger partial charge is 0.494 e. The highest BCUT2D eigenvalue weighted by Crippen LogP contribution is 2.29. The van der Waals surface area contributed by atoms with E-state index in [4.69, 9.17) is 0 Å². The van der Waals surface area contributed by atoms with Gasteiger partial charge in [0.25, 0.3) is 6.71 Å². The lowest BCUT2D eigenvalue weighted by Crippen LogP contribution is -2.58. The molecule has 0 aliphatic carbocycles. The normalized spacial score (nSPS) is 11.0. The summed E-state index contributed by atoms with van der Waals surface area (Å²) in [4.78, 5) is 0. The fourth-order valence-electron chi connectivity index (χ4n) is 3.59. The first-order valence-electron chi connectivity index (χ1n) is 9.25. The predicted octanol–water partition coefficient (Wildman–Crippen LogP) is 3.62. The van der Waals surface area contributed by atoms with Gasteiger partial charge in [0.2, 0.25) is 23.3 Å². The quantitative estimate of drug-likeness (QED) is 0.287. The maximum Gasteiger partial charge on any atom is 0.262 e. The molecule has 0 N–H and O–H groups in total. The molecule has 3 aromatic rings. The topological polar surface area (TPSA) is 27.7 Å². The molecule has 0 atom stereocenters. The average molecular weight is 512 g/mol. The summed E-state index contributed by atoms with van der Waals surface area (Å²) in [6, 6.07) is 0.438. The van der Waals surface area contributed by atoms with Crippen LogP contribution in [0.15, 0.2) is 12.1 Å². The molecule has 0 radical (unpaired) electrons. The number of hydrogen-bond acceptors (Lipinski definition) is 3. The molecule has 35 heavy (non-hydrogen) atoms. The minimum Gasteiger partial charge on any atom is -0.494 e. The maximum atomic E-state index is 15.0. The zero-order chi connectivity index (χ0) is 26.4. The number of benzene rings is 3. The lowest BCUT2D eigenvalue weighted by molar-refractivity contribution is 0.334. The van der Waals surface area contributed by atoms with E-state index in [-0.39, 0.29) is 12.1 Å². The van der Waals surface area contributed by atoms with Crippen LogP contribution in [-0.2, 0) is 0 Å². The fourth-order valence-corrected chi connectivity index (χ4v) is 3.59. The molecule has 0 aliphatic rings. The van der Waals surface area contributed by atoms with Gasteiger partial charge < -0.3 is 14.2 Å². The van der Waals surface area contributed by atoms with Gasteiger partial charge in [-0.15, -0.1) is 0 Å². The number of halogens is 10. The molecular weight excluding hydrogens is 501 g/mol. The molecule has 0 bridgehead atoms. The van der Waals surface area contributed by atoms with E-state index in [1.165, 1.54) is 0 Å². The summed E-state index contributed by atoms with van der Waals surface area (Å²) in [6.07, 6.45) is 0. The van der Waals surface area contributed by atoms with Crippen molar-refractivity contribution in [2.45, 2.75) is 0 Å². The maximum absolute atomic E-state index is 15.0. The minimum atomic E-state index is -2.93. The summed E-state index contributed by atoms with van der Waals surface area (Å²) >= 11 is 0. The zero-order valence-corrected chi connectivity index (χ0v) is 17.7. The Labute approximate surface area is 190 Å². The summed E-state index contributed by atoms with van der Waals surface area (Å²) in [5.74, 6) is -25.6. The second-order valence-electron chi connectivity index (χ2n) is 6.85. The van der Waals surface area contributed by atoms with E-state index in [0.717, 1.165) is 7.11 Å². The van der Waals surface area contributed by atoms with Crippen LogP contribution in [0.3, 0.4) is 0 Å². The SMILES string of the molecule is COc1c(F)cc(F)cc1B(c1c(F)c(F)c(OC)c(F)c1F)c1c(F)c(F)c(OC)c(F)c1F. The van der Waals surface area contributed by atoms with Gasteiger partial charge in [-0.05, 0) is 11.5 Å². The van der Waals surface area contributed by atoms with Gasteiger partial charge in [-0.25, -0.2) is 26.3 Å². The van der Waals surface area contributed by atoms with Crippen LogP contribution in [0.25, 0.3) is 0 Å². The van der Waals surface area contributed by atoms with Crippen molar-refractivity contribution < 1.29 is 58.1 Å². The molecule has 0 saturated carbocycles. The lowest BCUT2D eigenvalue weighted by Gasteiger charge is -2.22. The smallest absolute Gasteiger partial charge is 0.262 e. The van der Waals surface area contributed by atoms with Crippen molar-refractivity contribution in [3.63, 3.8) is 0 Å². The fraction of sp³-hybridized carbons (Fsp3) is 0.143. The molecule has 0 saturated heterocycles. The van der Waals surface area contributed by atoms with Crippen molar-refractivity contribution in [3.05, 3.63) is 70.3 Å². The molecule has 0 aromatic heterocycles. The van der Waals surface area contributed by atoms with Gasteiger partial charge in [0.05, 0.1) is 21.3 Å². The summed E-state index contributed by atoms with van der Waals surface area (Å²) in [5.41, 5.74) is -4.97. The standard InChI is InChI=1S/C21H11BF10O3/c1-33-19-7(4-6(23)5-8(19)24)22(9-11(25)15(29)20(34-2)16(30)12(9)26)10-13(27)17(31)21(35-3)18(32)14(10)28/h4-5H,1-3H3. The molecule has 3 rings (SSSR count). The van der Waals surface area contributed by atoms with Gasteiger partial charge in [-0.2, -0.15) is 17.6 Å². The van der Waals surface area contributed by atoms with Gasteiger partial charge >= 0.3 is 0 Å². The van der Waals surface area contributed by atoms with Crippen molar-refractivity contribution in [2.24, 2.45) is 0 Å². The number of methoxy groups -OCH3 is 3. The number of hydrogen-bond donors (Lipinski definition) is 0. The Morgan fingerprint density at radius 1 is 0.486 bits per heavy atom. The summed E-state index contributed by atoms with van der Waals surface area (Å²) < 4.78 is 160. The van der Waals surface area contributed by atoms with Gasteiger partial charge in [0.15, 0.2) is 40.6 Å². The average Bonchev–Trinajstić information content (AvgIpc) is 2.81. The third-order valence-electron chi connectivity index (χ3n) is 5.05. The van der Waals surface area contributed by atoms with E-state index >= 15 is 17.6 Å². The van der Waals surface area contributed by atoms with E-state index < -0.39 is 98.5 Å². The second kappa shape index (κ2) is 9.58. The number of rotatable bonds is 6. The van der Waals surface area contributed by atoms with E-state index in [1.54, 1.807) is 0 Å². The van der Waals surface area contributed by atoms with Gasteiger partial charge in [-0.1, -0.05) is 0 Å². The van der Waals surface area contributed by atoms with Crippen LogP contribution in [0, 0.1) is 58.2 Å². The molecule has 0 unspecified atom stereocenters. The Hall–Kier alpha value is -3.58. The van der Waals surface area contributed by atoms with Crippen molar-refractivity contribution in [1.29, 1.82) is 0 Å². The monoisotopic (exact) mass is 512 g/mol. The molecule has 0 fully saturated rings. The number of ether oxygens (including phenoxy) is 3. The Morgan fingerprint density at radius 3 is 1.14 bits per heavy atom. The van der Waals surface area contributed by atoms with E-state index in [0.29, 0.717) is 14.2 Å². The lowest BCUT2D eigenvalue weighted by atomic mass is 9.36. The third kappa shape index (κ3) is 4.00. The Morgan fingerprint density at radius 2 is 0.829 bits per heavy atom. The Balaban J connectivity index is 2.62.